The third-order valence-corrected chi connectivity index (χ3v) is 4.81. The van der Waals surface area contributed by atoms with E-state index in [2.05, 4.69) is 0 Å². The molecule has 1 N–H and O–H groups in total. The molecule has 0 aliphatic carbocycles. The molecule has 0 unspecified atom stereocenters. The van der Waals surface area contributed by atoms with Crippen molar-refractivity contribution < 1.29 is 5.11 Å². The number of phenolic OH excluding ortho intramolecular Hbond substituents is 1. The van der Waals surface area contributed by atoms with Gasteiger partial charge in [0.05, 0.1) is 16.8 Å². The van der Waals surface area contributed by atoms with Crippen LogP contribution in [-0.2, 0) is 0 Å². The number of nitrogens with zero attached hydrogens (tertiary/aromatic N) is 4. The van der Waals surface area contributed by atoms with Crippen LogP contribution in [0.15, 0.2) is 72.8 Å². The fourth-order valence-corrected chi connectivity index (χ4v) is 3.42. The minimum absolute atomic E-state index is 0.0616. The van der Waals surface area contributed by atoms with Crippen LogP contribution in [0.5, 0.6) is 5.75 Å². The Morgan fingerprint density at radius 2 is 1.45 bits per heavy atom. The van der Waals surface area contributed by atoms with Crippen LogP contribution in [0.3, 0.4) is 0 Å². The highest BCUT2D eigenvalue weighted by atomic mass is 16.3. The highest BCUT2D eigenvalue weighted by Crippen LogP contribution is 2.40. The molecule has 5 heteroatoms. The van der Waals surface area contributed by atoms with Gasteiger partial charge in [0, 0.05) is 22.4 Å². The van der Waals surface area contributed by atoms with Crippen LogP contribution in [0.25, 0.3) is 28.1 Å². The Kier molecular flexibility index (Phi) is 4.57. The summed E-state index contributed by atoms with van der Waals surface area (Å²) >= 11 is 0. The third kappa shape index (κ3) is 3.12. The SMILES string of the molecule is Cc1c(-c2cc(C#N)c(C#N)cc2O)c(-c2ccccc2)nn1-c1ccccc1. The molecule has 0 aliphatic heterocycles. The van der Waals surface area contributed by atoms with E-state index in [1.165, 1.54) is 6.07 Å². The van der Waals surface area contributed by atoms with E-state index in [9.17, 15) is 15.6 Å². The maximum absolute atomic E-state index is 10.7. The van der Waals surface area contributed by atoms with Gasteiger partial charge in [-0.2, -0.15) is 15.6 Å². The van der Waals surface area contributed by atoms with Crippen LogP contribution < -0.4 is 0 Å². The molecule has 1 heterocycles. The van der Waals surface area contributed by atoms with E-state index in [4.69, 9.17) is 5.10 Å². The first-order valence-corrected chi connectivity index (χ1v) is 9.02. The van der Waals surface area contributed by atoms with Crippen molar-refractivity contribution in [2.45, 2.75) is 6.92 Å². The first-order valence-electron chi connectivity index (χ1n) is 9.02. The average Bonchev–Trinajstić information content (AvgIpc) is 3.11. The summed E-state index contributed by atoms with van der Waals surface area (Å²) < 4.78 is 1.82. The highest BCUT2D eigenvalue weighted by molar-refractivity contribution is 5.87. The summed E-state index contributed by atoms with van der Waals surface area (Å²) in [5.41, 5.74) is 4.84. The second kappa shape index (κ2) is 7.34. The molecule has 0 aliphatic rings. The first kappa shape index (κ1) is 18.0. The topological polar surface area (TPSA) is 85.6 Å². The maximum Gasteiger partial charge on any atom is 0.124 e. The van der Waals surface area contributed by atoms with Crippen molar-refractivity contribution in [2.75, 3.05) is 0 Å². The zero-order valence-corrected chi connectivity index (χ0v) is 15.7. The Balaban J connectivity index is 2.05. The van der Waals surface area contributed by atoms with Gasteiger partial charge in [-0.1, -0.05) is 48.5 Å². The smallest absolute Gasteiger partial charge is 0.124 e. The number of hydrogen-bond donors (Lipinski definition) is 1. The third-order valence-electron chi connectivity index (χ3n) is 4.81. The summed E-state index contributed by atoms with van der Waals surface area (Å²) in [6.07, 6.45) is 0. The van der Waals surface area contributed by atoms with Crippen LogP contribution in [0.1, 0.15) is 16.8 Å². The van der Waals surface area contributed by atoms with Gasteiger partial charge in [-0.3, -0.25) is 0 Å². The number of aromatic nitrogens is 2. The quantitative estimate of drug-likeness (QED) is 0.547. The number of phenols is 1. The molecule has 4 aromatic rings. The predicted octanol–water partition coefficient (Wildman–Crippen LogP) is 4.96. The van der Waals surface area contributed by atoms with Crippen molar-refractivity contribution >= 4 is 0 Å². The summed E-state index contributed by atoms with van der Waals surface area (Å²) in [4.78, 5) is 0. The summed E-state index contributed by atoms with van der Waals surface area (Å²) in [6.45, 7) is 1.92. The molecule has 0 bridgehead atoms. The van der Waals surface area contributed by atoms with E-state index in [0.29, 0.717) is 11.3 Å². The van der Waals surface area contributed by atoms with Gasteiger partial charge in [0.2, 0.25) is 0 Å². The van der Waals surface area contributed by atoms with Crippen molar-refractivity contribution in [3.63, 3.8) is 0 Å². The molecule has 0 saturated heterocycles. The van der Waals surface area contributed by atoms with Crippen LogP contribution in [0, 0.1) is 29.6 Å². The molecule has 3 aromatic carbocycles. The van der Waals surface area contributed by atoms with Crippen LogP contribution in [0.4, 0.5) is 0 Å². The van der Waals surface area contributed by atoms with Gasteiger partial charge in [-0.15, -0.1) is 0 Å². The molecule has 29 heavy (non-hydrogen) atoms. The van der Waals surface area contributed by atoms with Gasteiger partial charge >= 0.3 is 0 Å². The fourth-order valence-electron chi connectivity index (χ4n) is 3.42. The molecule has 0 amide bonds. The summed E-state index contributed by atoms with van der Waals surface area (Å²) in [5, 5.41) is 34.2. The molecular weight excluding hydrogens is 360 g/mol. The van der Waals surface area contributed by atoms with E-state index < -0.39 is 0 Å². The van der Waals surface area contributed by atoms with Crippen molar-refractivity contribution in [2.24, 2.45) is 0 Å². The van der Waals surface area contributed by atoms with Crippen LogP contribution in [-0.4, -0.2) is 14.9 Å². The van der Waals surface area contributed by atoms with E-state index >= 15 is 0 Å². The molecule has 4 rings (SSSR count). The normalized spacial score (nSPS) is 10.3. The number of hydrogen-bond acceptors (Lipinski definition) is 4. The lowest BCUT2D eigenvalue weighted by molar-refractivity contribution is 0.477. The Morgan fingerprint density at radius 3 is 2.07 bits per heavy atom. The monoisotopic (exact) mass is 376 g/mol. The van der Waals surface area contributed by atoms with Gasteiger partial charge in [0.25, 0.3) is 0 Å². The Labute approximate surface area is 168 Å². The number of nitriles is 2. The molecule has 0 atom stereocenters. The zero-order chi connectivity index (χ0) is 20.4. The molecule has 138 valence electrons. The number of aromatic hydroxyl groups is 1. The van der Waals surface area contributed by atoms with Crippen molar-refractivity contribution in [3.05, 3.63) is 89.6 Å². The largest absolute Gasteiger partial charge is 0.507 e. The standard InChI is InChI=1S/C24H16N4O/c1-16-23(21-12-18(14-25)19(15-26)13-22(21)29)24(17-8-4-2-5-9-17)27-28(16)20-10-6-3-7-11-20/h2-13,29H,1H3. The number of rotatable bonds is 3. The molecule has 0 radical (unpaired) electrons. The Hall–Kier alpha value is -4.35. The Morgan fingerprint density at radius 1 is 0.862 bits per heavy atom. The van der Waals surface area contributed by atoms with Gasteiger partial charge in [-0.25, -0.2) is 4.68 Å². The second-order valence-corrected chi connectivity index (χ2v) is 6.56. The summed E-state index contributed by atoms with van der Waals surface area (Å²) in [5.74, 6) is -0.0616. The van der Waals surface area contributed by atoms with Crippen LogP contribution in [0.2, 0.25) is 0 Å². The Bertz CT molecular complexity index is 1280. The van der Waals surface area contributed by atoms with E-state index in [0.717, 1.165) is 22.5 Å². The lowest BCUT2D eigenvalue weighted by Gasteiger charge is -2.09. The molecule has 5 nitrogen and oxygen atoms in total. The van der Waals surface area contributed by atoms with Crippen molar-refractivity contribution in [1.29, 1.82) is 10.5 Å². The van der Waals surface area contributed by atoms with Gasteiger partial charge in [-0.05, 0) is 31.2 Å². The first-order chi connectivity index (χ1) is 14.1. The maximum atomic E-state index is 10.7. The van der Waals surface area contributed by atoms with Gasteiger partial charge in [0.15, 0.2) is 0 Å². The predicted molar refractivity (Wildman–Crippen MR) is 110 cm³/mol. The van der Waals surface area contributed by atoms with E-state index in [1.54, 1.807) is 6.07 Å². The van der Waals surface area contributed by atoms with Crippen LogP contribution >= 0.6 is 0 Å². The molecule has 1 aromatic heterocycles. The van der Waals surface area contributed by atoms with E-state index in [1.807, 2.05) is 84.4 Å². The average molecular weight is 376 g/mol. The van der Waals surface area contributed by atoms with Crippen molar-refractivity contribution in [3.8, 4) is 46.0 Å². The molecule has 0 spiro atoms. The zero-order valence-electron chi connectivity index (χ0n) is 15.7. The number of benzene rings is 3. The summed E-state index contributed by atoms with van der Waals surface area (Å²) in [6, 6.07) is 26.3. The van der Waals surface area contributed by atoms with E-state index in [-0.39, 0.29) is 16.9 Å². The lowest BCUT2D eigenvalue weighted by Crippen LogP contribution is -1.98. The molecule has 0 fully saturated rings. The summed E-state index contributed by atoms with van der Waals surface area (Å²) in [7, 11) is 0. The minimum Gasteiger partial charge on any atom is -0.507 e. The van der Waals surface area contributed by atoms with Gasteiger partial charge in [0.1, 0.15) is 23.6 Å². The highest BCUT2D eigenvalue weighted by Gasteiger charge is 2.22. The van der Waals surface area contributed by atoms with Crippen molar-refractivity contribution in [1.82, 2.24) is 9.78 Å². The van der Waals surface area contributed by atoms with Gasteiger partial charge < -0.3 is 5.11 Å². The lowest BCUT2D eigenvalue weighted by atomic mass is 9.95. The number of para-hydroxylation sites is 1. The molecule has 0 saturated carbocycles. The minimum atomic E-state index is -0.0616. The fraction of sp³-hybridized carbons (Fsp3) is 0.0417. The second-order valence-electron chi connectivity index (χ2n) is 6.56. The molecular formula is C24H16N4O.